The van der Waals surface area contributed by atoms with Crippen LogP contribution in [0.1, 0.15) is 0 Å². The molecule has 0 spiro atoms. The van der Waals surface area contributed by atoms with Crippen LogP contribution in [0, 0.1) is 17.5 Å². The lowest BCUT2D eigenvalue weighted by Gasteiger charge is -2.09. The molecule has 0 atom stereocenters. The average molecular weight is 290 g/mol. The van der Waals surface area contributed by atoms with Gasteiger partial charge in [0.15, 0.2) is 17.5 Å². The van der Waals surface area contributed by atoms with Crippen molar-refractivity contribution in [2.45, 2.75) is 0 Å². The molecule has 0 heterocycles. The molecule has 2 aromatic carbocycles. The lowest BCUT2D eigenvalue weighted by Crippen LogP contribution is -1.95. The molecule has 0 fully saturated rings. The van der Waals surface area contributed by atoms with Crippen LogP contribution in [0.2, 0.25) is 0 Å². The highest BCUT2D eigenvalue weighted by Crippen LogP contribution is 2.31. The van der Waals surface area contributed by atoms with Gasteiger partial charge in [-0.15, -0.1) is 12.4 Å². The number of nitrogens with two attached hydrogens (primary N) is 1. The van der Waals surface area contributed by atoms with Crippen molar-refractivity contribution in [3.8, 4) is 16.9 Å². The molecule has 6 heteroatoms. The molecular weight excluding hydrogens is 279 g/mol. The van der Waals surface area contributed by atoms with Crippen molar-refractivity contribution in [1.82, 2.24) is 0 Å². The van der Waals surface area contributed by atoms with Crippen LogP contribution < -0.4 is 10.5 Å². The van der Waals surface area contributed by atoms with Crippen LogP contribution in [-0.2, 0) is 0 Å². The minimum atomic E-state index is -1.49. The van der Waals surface area contributed by atoms with Gasteiger partial charge in [0.2, 0.25) is 0 Å². The minimum Gasteiger partial charge on any atom is -0.497 e. The number of anilines is 1. The van der Waals surface area contributed by atoms with E-state index in [0.717, 1.165) is 12.1 Å². The first-order valence-electron chi connectivity index (χ1n) is 5.11. The Kier molecular flexibility index (Phi) is 4.67. The molecule has 2 aromatic rings. The predicted octanol–water partition coefficient (Wildman–Crippen LogP) is 3.78. The molecule has 0 aliphatic rings. The number of hydrogen-bond acceptors (Lipinski definition) is 2. The topological polar surface area (TPSA) is 35.2 Å². The Bertz CT molecular complexity index is 581. The van der Waals surface area contributed by atoms with Crippen molar-refractivity contribution in [3.63, 3.8) is 0 Å². The lowest BCUT2D eigenvalue weighted by atomic mass is 10.0. The van der Waals surface area contributed by atoms with Crippen LogP contribution in [0.3, 0.4) is 0 Å². The maximum atomic E-state index is 13.1. The van der Waals surface area contributed by atoms with Crippen LogP contribution in [0.25, 0.3) is 11.1 Å². The molecule has 2 rings (SSSR count). The fourth-order valence-corrected chi connectivity index (χ4v) is 1.64. The van der Waals surface area contributed by atoms with Gasteiger partial charge < -0.3 is 10.5 Å². The molecular formula is C13H11ClF3NO. The van der Waals surface area contributed by atoms with Crippen LogP contribution in [-0.4, -0.2) is 7.11 Å². The molecule has 2 N–H and O–H groups in total. The standard InChI is InChI=1S/C13H10F3NO.ClH/c1-18-8-2-3-9(12(17)6-8)7-4-10(14)13(16)11(15)5-7;/h2-6H,17H2,1H3;1H. The second kappa shape index (κ2) is 5.84. The summed E-state index contributed by atoms with van der Waals surface area (Å²) in [5.41, 5.74) is 6.62. The smallest absolute Gasteiger partial charge is 0.194 e. The molecule has 0 aliphatic carbocycles. The summed E-state index contributed by atoms with van der Waals surface area (Å²) in [7, 11) is 1.48. The highest BCUT2D eigenvalue weighted by molar-refractivity contribution is 5.85. The van der Waals surface area contributed by atoms with Gasteiger partial charge in [-0.2, -0.15) is 0 Å². The fraction of sp³-hybridized carbons (Fsp3) is 0.0769. The highest BCUT2D eigenvalue weighted by atomic mass is 35.5. The minimum absolute atomic E-state index is 0. The number of ether oxygens (including phenoxy) is 1. The molecule has 0 amide bonds. The molecule has 0 bridgehead atoms. The van der Waals surface area contributed by atoms with Crippen molar-refractivity contribution in [2.75, 3.05) is 12.8 Å². The van der Waals surface area contributed by atoms with E-state index in [9.17, 15) is 13.2 Å². The molecule has 0 aliphatic heterocycles. The van der Waals surface area contributed by atoms with E-state index in [-0.39, 0.29) is 18.0 Å². The molecule has 102 valence electrons. The molecule has 0 saturated heterocycles. The zero-order chi connectivity index (χ0) is 13.3. The van der Waals surface area contributed by atoms with Gasteiger partial charge in [0.25, 0.3) is 0 Å². The number of rotatable bonds is 2. The Labute approximate surface area is 114 Å². The van der Waals surface area contributed by atoms with Gasteiger partial charge in [-0.25, -0.2) is 13.2 Å². The summed E-state index contributed by atoms with van der Waals surface area (Å²) in [6.07, 6.45) is 0. The van der Waals surface area contributed by atoms with E-state index in [1.54, 1.807) is 12.1 Å². The van der Waals surface area contributed by atoms with Crippen molar-refractivity contribution < 1.29 is 17.9 Å². The monoisotopic (exact) mass is 289 g/mol. The first-order valence-corrected chi connectivity index (χ1v) is 5.11. The molecule has 2 nitrogen and oxygen atoms in total. The van der Waals surface area contributed by atoms with Crippen LogP contribution >= 0.6 is 12.4 Å². The number of hydrogen-bond donors (Lipinski definition) is 1. The van der Waals surface area contributed by atoms with Gasteiger partial charge in [-0.3, -0.25) is 0 Å². The van der Waals surface area contributed by atoms with E-state index < -0.39 is 17.5 Å². The van der Waals surface area contributed by atoms with E-state index in [0.29, 0.717) is 17.0 Å². The summed E-state index contributed by atoms with van der Waals surface area (Å²) >= 11 is 0. The van der Waals surface area contributed by atoms with Gasteiger partial charge in [-0.05, 0) is 29.8 Å². The third-order valence-electron chi connectivity index (χ3n) is 2.55. The summed E-state index contributed by atoms with van der Waals surface area (Å²) < 4.78 is 44.1. The van der Waals surface area contributed by atoms with Crippen molar-refractivity contribution in [1.29, 1.82) is 0 Å². The normalized spacial score (nSPS) is 9.89. The molecule has 19 heavy (non-hydrogen) atoms. The zero-order valence-corrected chi connectivity index (χ0v) is 10.7. The largest absolute Gasteiger partial charge is 0.497 e. The lowest BCUT2D eigenvalue weighted by molar-refractivity contribution is 0.415. The Hall–Kier alpha value is -1.88. The van der Waals surface area contributed by atoms with Crippen molar-refractivity contribution in [3.05, 3.63) is 47.8 Å². The van der Waals surface area contributed by atoms with Gasteiger partial charge >= 0.3 is 0 Å². The fourth-order valence-electron chi connectivity index (χ4n) is 1.64. The Morgan fingerprint density at radius 3 is 2.05 bits per heavy atom. The van der Waals surface area contributed by atoms with E-state index >= 15 is 0 Å². The third-order valence-corrected chi connectivity index (χ3v) is 2.55. The first kappa shape index (κ1) is 15.2. The number of nitrogen functional groups attached to an aromatic ring is 1. The summed E-state index contributed by atoms with van der Waals surface area (Å²) in [5, 5.41) is 0. The molecule has 0 saturated carbocycles. The van der Waals surface area contributed by atoms with Crippen LogP contribution in [0.4, 0.5) is 18.9 Å². The molecule has 0 aromatic heterocycles. The Morgan fingerprint density at radius 1 is 1.00 bits per heavy atom. The predicted molar refractivity (Wildman–Crippen MR) is 70.0 cm³/mol. The van der Waals surface area contributed by atoms with Gasteiger partial charge in [0.1, 0.15) is 5.75 Å². The summed E-state index contributed by atoms with van der Waals surface area (Å²) in [5.74, 6) is -3.47. The Morgan fingerprint density at radius 2 is 1.58 bits per heavy atom. The second-order valence-electron chi connectivity index (χ2n) is 3.71. The summed E-state index contributed by atoms with van der Waals surface area (Å²) in [6.45, 7) is 0. The van der Waals surface area contributed by atoms with Crippen molar-refractivity contribution >= 4 is 18.1 Å². The van der Waals surface area contributed by atoms with Crippen molar-refractivity contribution in [2.24, 2.45) is 0 Å². The van der Waals surface area contributed by atoms with Gasteiger partial charge in [0.05, 0.1) is 7.11 Å². The quantitative estimate of drug-likeness (QED) is 0.674. The maximum absolute atomic E-state index is 13.1. The van der Waals surface area contributed by atoms with E-state index in [1.807, 2.05) is 0 Å². The number of halogens is 4. The molecule has 0 radical (unpaired) electrons. The Balaban J connectivity index is 0.00000180. The number of methoxy groups -OCH3 is 1. The first-order chi connectivity index (χ1) is 8.52. The molecule has 0 unspecified atom stereocenters. The van der Waals surface area contributed by atoms with Crippen LogP contribution in [0.5, 0.6) is 5.75 Å². The van der Waals surface area contributed by atoms with E-state index in [2.05, 4.69) is 0 Å². The SMILES string of the molecule is COc1ccc(-c2cc(F)c(F)c(F)c2)c(N)c1.Cl. The maximum Gasteiger partial charge on any atom is 0.194 e. The van der Waals surface area contributed by atoms with Gasteiger partial charge in [0, 0.05) is 17.3 Å². The highest BCUT2D eigenvalue weighted by Gasteiger charge is 2.13. The van der Waals surface area contributed by atoms with Gasteiger partial charge in [-0.1, -0.05) is 0 Å². The van der Waals surface area contributed by atoms with Crippen LogP contribution in [0.15, 0.2) is 30.3 Å². The summed E-state index contributed by atoms with van der Waals surface area (Å²) in [4.78, 5) is 0. The second-order valence-corrected chi connectivity index (χ2v) is 3.71. The third kappa shape index (κ3) is 2.93. The number of benzene rings is 2. The summed E-state index contributed by atoms with van der Waals surface area (Å²) in [6, 6.07) is 6.48. The van der Waals surface area contributed by atoms with E-state index in [1.165, 1.54) is 13.2 Å². The zero-order valence-electron chi connectivity index (χ0n) is 9.91. The van der Waals surface area contributed by atoms with E-state index in [4.69, 9.17) is 10.5 Å². The average Bonchev–Trinajstić information content (AvgIpc) is 2.35.